The second-order valence-corrected chi connectivity index (χ2v) is 5.03. The van der Waals surface area contributed by atoms with Crippen LogP contribution in [0.4, 0.5) is 5.82 Å². The number of hydrogen-bond acceptors (Lipinski definition) is 3. The number of hydrogen-bond donors (Lipinski definition) is 1. The van der Waals surface area contributed by atoms with E-state index in [1.165, 1.54) is 11.1 Å². The molecular formula is C16H21N3. The summed E-state index contributed by atoms with van der Waals surface area (Å²) in [7, 11) is 2.07. The molecule has 3 heteroatoms. The Morgan fingerprint density at radius 3 is 2.37 bits per heavy atom. The summed E-state index contributed by atoms with van der Waals surface area (Å²) in [5.41, 5.74) is 10.4. The molecule has 0 spiro atoms. The van der Waals surface area contributed by atoms with Crippen LogP contribution in [0, 0.1) is 13.8 Å². The molecule has 1 heterocycles. The smallest absolute Gasteiger partial charge is 0.131 e. The van der Waals surface area contributed by atoms with Crippen LogP contribution in [0.25, 0.3) is 0 Å². The Morgan fingerprint density at radius 1 is 1.11 bits per heavy atom. The molecule has 0 saturated heterocycles. The molecule has 19 heavy (non-hydrogen) atoms. The molecule has 0 fully saturated rings. The Balaban J connectivity index is 2.15. The first-order valence-corrected chi connectivity index (χ1v) is 6.52. The Morgan fingerprint density at radius 2 is 1.79 bits per heavy atom. The van der Waals surface area contributed by atoms with Gasteiger partial charge in [0.05, 0.1) is 0 Å². The van der Waals surface area contributed by atoms with Gasteiger partial charge in [0, 0.05) is 26.3 Å². The van der Waals surface area contributed by atoms with Crippen molar-refractivity contribution in [3.63, 3.8) is 0 Å². The maximum atomic E-state index is 5.63. The standard InChI is InChI=1S/C16H21N3/c1-12-4-6-14(7-5-12)11-19(3)16-13(2)8-15(9-17)10-18-16/h4-8,10H,9,11,17H2,1-3H3. The van der Waals surface area contributed by atoms with Gasteiger partial charge in [0.25, 0.3) is 0 Å². The van der Waals surface area contributed by atoms with Crippen LogP contribution in [0.3, 0.4) is 0 Å². The van der Waals surface area contributed by atoms with Gasteiger partial charge < -0.3 is 10.6 Å². The first kappa shape index (κ1) is 13.6. The van der Waals surface area contributed by atoms with E-state index >= 15 is 0 Å². The van der Waals surface area contributed by atoms with E-state index in [2.05, 4.69) is 61.1 Å². The van der Waals surface area contributed by atoms with Crippen LogP contribution in [-0.2, 0) is 13.1 Å². The van der Waals surface area contributed by atoms with E-state index < -0.39 is 0 Å². The fourth-order valence-electron chi connectivity index (χ4n) is 2.18. The van der Waals surface area contributed by atoms with Crippen LogP contribution in [0.15, 0.2) is 36.5 Å². The molecule has 0 aliphatic rings. The summed E-state index contributed by atoms with van der Waals surface area (Å²) in [4.78, 5) is 6.68. The third kappa shape index (κ3) is 3.32. The van der Waals surface area contributed by atoms with Gasteiger partial charge in [-0.05, 0) is 36.6 Å². The summed E-state index contributed by atoms with van der Waals surface area (Å²) < 4.78 is 0. The van der Waals surface area contributed by atoms with E-state index in [1.807, 2.05) is 6.20 Å². The third-order valence-corrected chi connectivity index (χ3v) is 3.24. The quantitative estimate of drug-likeness (QED) is 0.913. The molecule has 0 saturated carbocycles. The molecule has 0 radical (unpaired) electrons. The molecule has 0 bridgehead atoms. The largest absolute Gasteiger partial charge is 0.355 e. The number of nitrogens with two attached hydrogens (primary N) is 1. The van der Waals surface area contributed by atoms with E-state index in [4.69, 9.17) is 5.73 Å². The lowest BCUT2D eigenvalue weighted by molar-refractivity contribution is 0.884. The highest BCUT2D eigenvalue weighted by Gasteiger charge is 2.07. The molecule has 2 rings (SSSR count). The summed E-state index contributed by atoms with van der Waals surface area (Å²) in [6.45, 7) is 5.57. The lowest BCUT2D eigenvalue weighted by atomic mass is 10.1. The van der Waals surface area contributed by atoms with Crippen molar-refractivity contribution in [1.82, 2.24) is 4.98 Å². The highest BCUT2D eigenvalue weighted by Crippen LogP contribution is 2.18. The highest BCUT2D eigenvalue weighted by molar-refractivity contribution is 5.47. The average Bonchev–Trinajstić information content (AvgIpc) is 2.41. The van der Waals surface area contributed by atoms with Gasteiger partial charge in [-0.25, -0.2) is 4.98 Å². The average molecular weight is 255 g/mol. The van der Waals surface area contributed by atoms with Crippen LogP contribution in [0.2, 0.25) is 0 Å². The van der Waals surface area contributed by atoms with Gasteiger partial charge in [0.2, 0.25) is 0 Å². The Labute approximate surface area is 115 Å². The molecule has 0 amide bonds. The molecule has 3 nitrogen and oxygen atoms in total. The molecule has 100 valence electrons. The van der Waals surface area contributed by atoms with Gasteiger partial charge in [0.1, 0.15) is 5.82 Å². The first-order valence-electron chi connectivity index (χ1n) is 6.52. The third-order valence-electron chi connectivity index (χ3n) is 3.24. The van der Waals surface area contributed by atoms with Gasteiger partial charge in [-0.1, -0.05) is 29.8 Å². The second kappa shape index (κ2) is 5.85. The van der Waals surface area contributed by atoms with E-state index in [1.54, 1.807) is 0 Å². The zero-order valence-corrected chi connectivity index (χ0v) is 11.9. The van der Waals surface area contributed by atoms with E-state index in [0.29, 0.717) is 6.54 Å². The van der Waals surface area contributed by atoms with Crippen molar-refractivity contribution < 1.29 is 0 Å². The molecule has 0 unspecified atom stereocenters. The molecule has 2 N–H and O–H groups in total. The van der Waals surface area contributed by atoms with Gasteiger partial charge in [-0.3, -0.25) is 0 Å². The maximum Gasteiger partial charge on any atom is 0.131 e. The van der Waals surface area contributed by atoms with Crippen molar-refractivity contribution >= 4 is 5.82 Å². The van der Waals surface area contributed by atoms with Crippen molar-refractivity contribution in [2.24, 2.45) is 5.73 Å². The number of aryl methyl sites for hydroxylation is 2. The Hall–Kier alpha value is -1.87. The summed E-state index contributed by atoms with van der Waals surface area (Å²) >= 11 is 0. The second-order valence-electron chi connectivity index (χ2n) is 5.03. The molecule has 0 aliphatic carbocycles. The number of pyridine rings is 1. The van der Waals surface area contributed by atoms with Crippen LogP contribution in [-0.4, -0.2) is 12.0 Å². The number of benzene rings is 1. The lowest BCUT2D eigenvalue weighted by Gasteiger charge is -2.20. The molecule has 1 aromatic heterocycles. The predicted molar refractivity (Wildman–Crippen MR) is 80.2 cm³/mol. The zero-order valence-electron chi connectivity index (χ0n) is 11.9. The van der Waals surface area contributed by atoms with Crippen LogP contribution < -0.4 is 10.6 Å². The van der Waals surface area contributed by atoms with Gasteiger partial charge in [-0.2, -0.15) is 0 Å². The summed E-state index contributed by atoms with van der Waals surface area (Å²) in [6.07, 6.45) is 1.86. The molecule has 2 aromatic rings. The number of aromatic nitrogens is 1. The van der Waals surface area contributed by atoms with E-state index in [-0.39, 0.29) is 0 Å². The first-order chi connectivity index (χ1) is 9.10. The van der Waals surface area contributed by atoms with Gasteiger partial charge in [0.15, 0.2) is 0 Å². The lowest BCUT2D eigenvalue weighted by Crippen LogP contribution is -2.19. The van der Waals surface area contributed by atoms with E-state index in [9.17, 15) is 0 Å². The molecule has 0 atom stereocenters. The summed E-state index contributed by atoms with van der Waals surface area (Å²) in [5.74, 6) is 1.01. The maximum absolute atomic E-state index is 5.63. The Kier molecular flexibility index (Phi) is 4.17. The minimum atomic E-state index is 0.537. The van der Waals surface area contributed by atoms with Crippen LogP contribution in [0.5, 0.6) is 0 Å². The molecular weight excluding hydrogens is 234 g/mol. The van der Waals surface area contributed by atoms with Gasteiger partial charge >= 0.3 is 0 Å². The van der Waals surface area contributed by atoms with Crippen molar-refractivity contribution in [3.8, 4) is 0 Å². The minimum Gasteiger partial charge on any atom is -0.355 e. The number of rotatable bonds is 4. The fraction of sp³-hybridized carbons (Fsp3) is 0.312. The topological polar surface area (TPSA) is 42.2 Å². The zero-order chi connectivity index (χ0) is 13.8. The molecule has 0 aliphatic heterocycles. The summed E-state index contributed by atoms with van der Waals surface area (Å²) in [5, 5.41) is 0. The van der Waals surface area contributed by atoms with Crippen LogP contribution in [0.1, 0.15) is 22.3 Å². The van der Waals surface area contributed by atoms with E-state index in [0.717, 1.165) is 23.5 Å². The minimum absolute atomic E-state index is 0.537. The fourth-order valence-corrected chi connectivity index (χ4v) is 2.18. The van der Waals surface area contributed by atoms with Crippen molar-refractivity contribution in [2.45, 2.75) is 26.9 Å². The molecule has 1 aromatic carbocycles. The van der Waals surface area contributed by atoms with Crippen molar-refractivity contribution in [3.05, 3.63) is 58.8 Å². The predicted octanol–water partition coefficient (Wildman–Crippen LogP) is 2.79. The number of nitrogens with zero attached hydrogens (tertiary/aromatic N) is 2. The SMILES string of the molecule is Cc1ccc(CN(C)c2ncc(CN)cc2C)cc1. The monoisotopic (exact) mass is 255 g/mol. The highest BCUT2D eigenvalue weighted by atomic mass is 15.2. The van der Waals surface area contributed by atoms with Gasteiger partial charge in [-0.15, -0.1) is 0 Å². The number of anilines is 1. The Bertz CT molecular complexity index is 546. The van der Waals surface area contributed by atoms with Crippen molar-refractivity contribution in [1.29, 1.82) is 0 Å². The summed E-state index contributed by atoms with van der Waals surface area (Å²) in [6, 6.07) is 10.7. The van der Waals surface area contributed by atoms with Crippen LogP contribution >= 0.6 is 0 Å². The normalized spacial score (nSPS) is 10.5. The van der Waals surface area contributed by atoms with Crippen molar-refractivity contribution in [2.75, 3.05) is 11.9 Å².